The van der Waals surface area contributed by atoms with E-state index < -0.39 is 0 Å². The molecule has 0 unspecified atom stereocenters. The van der Waals surface area contributed by atoms with Crippen molar-refractivity contribution in [2.24, 2.45) is 5.73 Å². The van der Waals surface area contributed by atoms with Gasteiger partial charge in [0.25, 0.3) is 0 Å². The molecule has 2 heterocycles. The molecule has 4 nitrogen and oxygen atoms in total. The maximum Gasteiger partial charge on any atom is 0.0357 e. The lowest BCUT2D eigenvalue weighted by Gasteiger charge is -2.51. The predicted molar refractivity (Wildman–Crippen MR) is 81.4 cm³/mol. The first kappa shape index (κ1) is 15.2. The average Bonchev–Trinajstić information content (AvgIpc) is 2.49. The third-order valence-corrected chi connectivity index (χ3v) is 5.20. The van der Waals surface area contributed by atoms with Crippen molar-refractivity contribution in [1.29, 1.82) is 0 Å². The molecule has 0 aliphatic carbocycles. The lowest BCUT2D eigenvalue weighted by atomic mass is 9.85. The van der Waals surface area contributed by atoms with E-state index in [4.69, 9.17) is 5.73 Å². The van der Waals surface area contributed by atoms with Crippen molar-refractivity contribution in [3.8, 4) is 0 Å². The monoisotopic (exact) mass is 268 g/mol. The van der Waals surface area contributed by atoms with Gasteiger partial charge in [-0.05, 0) is 45.4 Å². The van der Waals surface area contributed by atoms with Crippen LogP contribution in [0.5, 0.6) is 0 Å². The zero-order valence-electron chi connectivity index (χ0n) is 12.9. The van der Waals surface area contributed by atoms with Crippen LogP contribution < -0.4 is 5.73 Å². The van der Waals surface area contributed by atoms with Gasteiger partial charge in [-0.15, -0.1) is 0 Å². The van der Waals surface area contributed by atoms with Crippen molar-refractivity contribution in [3.63, 3.8) is 0 Å². The summed E-state index contributed by atoms with van der Waals surface area (Å²) in [7, 11) is 0. The van der Waals surface area contributed by atoms with Crippen LogP contribution in [0.1, 0.15) is 33.1 Å². The van der Waals surface area contributed by atoms with Gasteiger partial charge in [0, 0.05) is 38.3 Å². The van der Waals surface area contributed by atoms with Gasteiger partial charge in [0.05, 0.1) is 0 Å². The summed E-state index contributed by atoms with van der Waals surface area (Å²) >= 11 is 0. The Balaban J connectivity index is 1.89. The van der Waals surface area contributed by atoms with E-state index in [1.54, 1.807) is 0 Å². The largest absolute Gasteiger partial charge is 0.329 e. The molecule has 4 heteroatoms. The summed E-state index contributed by atoms with van der Waals surface area (Å²) in [6.45, 7) is 15.1. The summed E-state index contributed by atoms with van der Waals surface area (Å²) in [5, 5.41) is 0. The molecule has 0 atom stereocenters. The zero-order chi connectivity index (χ0) is 13.7. The molecule has 19 heavy (non-hydrogen) atoms. The molecule has 2 rings (SSSR count). The third-order valence-electron chi connectivity index (χ3n) is 5.20. The number of nitrogens with zero attached hydrogens (tertiary/aromatic N) is 3. The Hall–Kier alpha value is -0.160. The highest BCUT2D eigenvalue weighted by atomic mass is 15.3. The molecular formula is C15H32N4. The van der Waals surface area contributed by atoms with Crippen LogP contribution in [0.15, 0.2) is 0 Å². The standard InChI is InChI=1S/C15H32N4/c1-3-7-18-8-5-15(14-16,6-9-18)19-12-10-17(4-2)11-13-19/h3-14,16H2,1-2H3. The molecular weight excluding hydrogens is 236 g/mol. The van der Waals surface area contributed by atoms with E-state index in [9.17, 15) is 0 Å². The molecule has 0 bridgehead atoms. The fourth-order valence-electron chi connectivity index (χ4n) is 3.70. The van der Waals surface area contributed by atoms with Gasteiger partial charge in [0.2, 0.25) is 0 Å². The normalized spacial score (nSPS) is 26.7. The Morgan fingerprint density at radius 1 is 0.895 bits per heavy atom. The van der Waals surface area contributed by atoms with E-state index in [2.05, 4.69) is 28.5 Å². The fraction of sp³-hybridized carbons (Fsp3) is 1.00. The minimum Gasteiger partial charge on any atom is -0.329 e. The molecule has 112 valence electrons. The number of hydrogen-bond donors (Lipinski definition) is 1. The first-order valence-electron chi connectivity index (χ1n) is 8.14. The van der Waals surface area contributed by atoms with E-state index in [1.165, 1.54) is 71.6 Å². The zero-order valence-corrected chi connectivity index (χ0v) is 12.9. The molecule has 0 aromatic heterocycles. The molecule has 0 saturated carbocycles. The van der Waals surface area contributed by atoms with Gasteiger partial charge in [-0.3, -0.25) is 4.90 Å². The van der Waals surface area contributed by atoms with Crippen LogP contribution in [0.3, 0.4) is 0 Å². The summed E-state index contributed by atoms with van der Waals surface area (Å²) in [6, 6.07) is 0. The van der Waals surface area contributed by atoms with E-state index in [0.717, 1.165) is 6.54 Å². The number of nitrogens with two attached hydrogens (primary N) is 1. The third kappa shape index (κ3) is 3.48. The molecule has 2 saturated heterocycles. The molecule has 0 aromatic carbocycles. The van der Waals surface area contributed by atoms with Gasteiger partial charge in [-0.2, -0.15) is 0 Å². The number of hydrogen-bond acceptors (Lipinski definition) is 4. The van der Waals surface area contributed by atoms with Crippen molar-refractivity contribution >= 4 is 0 Å². The van der Waals surface area contributed by atoms with Gasteiger partial charge in [-0.1, -0.05) is 13.8 Å². The highest BCUT2D eigenvalue weighted by Gasteiger charge is 2.39. The lowest BCUT2D eigenvalue weighted by Crippen LogP contribution is -2.63. The topological polar surface area (TPSA) is 35.7 Å². The van der Waals surface area contributed by atoms with Gasteiger partial charge in [0.1, 0.15) is 0 Å². The number of piperazine rings is 1. The van der Waals surface area contributed by atoms with Crippen LogP contribution >= 0.6 is 0 Å². The molecule has 0 radical (unpaired) electrons. The average molecular weight is 268 g/mol. The highest BCUT2D eigenvalue weighted by Crippen LogP contribution is 2.29. The molecule has 0 spiro atoms. The van der Waals surface area contributed by atoms with Crippen molar-refractivity contribution in [2.45, 2.75) is 38.6 Å². The summed E-state index contributed by atoms with van der Waals surface area (Å²) < 4.78 is 0. The first-order chi connectivity index (χ1) is 9.24. The summed E-state index contributed by atoms with van der Waals surface area (Å²) in [4.78, 5) is 7.85. The van der Waals surface area contributed by atoms with E-state index >= 15 is 0 Å². The molecule has 0 aromatic rings. The summed E-state index contributed by atoms with van der Waals surface area (Å²) in [5.74, 6) is 0. The van der Waals surface area contributed by atoms with Crippen LogP contribution in [-0.4, -0.2) is 79.1 Å². The van der Waals surface area contributed by atoms with Crippen molar-refractivity contribution in [3.05, 3.63) is 0 Å². The van der Waals surface area contributed by atoms with E-state index in [1.807, 2.05) is 0 Å². The van der Waals surface area contributed by atoms with Crippen LogP contribution in [0.25, 0.3) is 0 Å². The van der Waals surface area contributed by atoms with Crippen molar-refractivity contribution in [1.82, 2.24) is 14.7 Å². The molecule has 2 aliphatic rings. The molecule has 2 fully saturated rings. The summed E-state index contributed by atoms with van der Waals surface area (Å²) in [5.41, 5.74) is 6.48. The van der Waals surface area contributed by atoms with E-state index in [-0.39, 0.29) is 0 Å². The Labute approximate surface area is 118 Å². The molecule has 2 aliphatic heterocycles. The predicted octanol–water partition coefficient (Wildman–Crippen LogP) is 0.827. The second-order valence-corrected chi connectivity index (χ2v) is 6.19. The number of piperidine rings is 1. The molecule has 2 N–H and O–H groups in total. The number of likely N-dealkylation sites (tertiary alicyclic amines) is 1. The smallest absolute Gasteiger partial charge is 0.0357 e. The quantitative estimate of drug-likeness (QED) is 0.801. The minimum absolute atomic E-state index is 0.296. The van der Waals surface area contributed by atoms with Gasteiger partial charge < -0.3 is 15.5 Å². The van der Waals surface area contributed by atoms with Crippen LogP contribution in [-0.2, 0) is 0 Å². The van der Waals surface area contributed by atoms with Crippen LogP contribution in [0, 0.1) is 0 Å². The Bertz CT molecular complexity index is 253. The second kappa shape index (κ2) is 7.02. The van der Waals surface area contributed by atoms with Crippen molar-refractivity contribution < 1.29 is 0 Å². The molecule has 0 amide bonds. The number of likely N-dealkylation sites (N-methyl/N-ethyl adjacent to an activating group) is 1. The van der Waals surface area contributed by atoms with Crippen LogP contribution in [0.2, 0.25) is 0 Å². The summed E-state index contributed by atoms with van der Waals surface area (Å²) in [6.07, 6.45) is 3.79. The van der Waals surface area contributed by atoms with Gasteiger partial charge >= 0.3 is 0 Å². The SMILES string of the molecule is CCCN1CCC(CN)(N2CCN(CC)CC2)CC1. The first-order valence-corrected chi connectivity index (χ1v) is 8.14. The lowest BCUT2D eigenvalue weighted by molar-refractivity contribution is -0.00459. The fourth-order valence-corrected chi connectivity index (χ4v) is 3.70. The maximum absolute atomic E-state index is 6.18. The highest BCUT2D eigenvalue weighted by molar-refractivity contribution is 4.97. The van der Waals surface area contributed by atoms with Gasteiger partial charge in [0.15, 0.2) is 0 Å². The van der Waals surface area contributed by atoms with Gasteiger partial charge in [-0.25, -0.2) is 0 Å². The van der Waals surface area contributed by atoms with Crippen LogP contribution in [0.4, 0.5) is 0 Å². The van der Waals surface area contributed by atoms with E-state index in [0.29, 0.717) is 5.54 Å². The minimum atomic E-state index is 0.296. The Morgan fingerprint density at radius 2 is 1.53 bits per heavy atom. The number of rotatable bonds is 5. The Kier molecular flexibility index (Phi) is 5.63. The maximum atomic E-state index is 6.18. The van der Waals surface area contributed by atoms with Crippen molar-refractivity contribution in [2.75, 3.05) is 58.9 Å². The Morgan fingerprint density at radius 3 is 2.00 bits per heavy atom. The second-order valence-electron chi connectivity index (χ2n) is 6.19.